The summed E-state index contributed by atoms with van der Waals surface area (Å²) in [5.41, 5.74) is 5.98. The Bertz CT molecular complexity index is 1140. The van der Waals surface area contributed by atoms with E-state index in [2.05, 4.69) is 34.9 Å². The van der Waals surface area contributed by atoms with Crippen LogP contribution in [0.4, 0.5) is 4.79 Å². The molecule has 7 nitrogen and oxygen atoms in total. The first kappa shape index (κ1) is 23.0. The average Bonchev–Trinajstić information content (AvgIpc) is 3.18. The zero-order valence-corrected chi connectivity index (χ0v) is 18.6. The second kappa shape index (κ2) is 10.7. The number of carboxylic acid groups (broad SMARTS) is 1. The highest BCUT2D eigenvalue weighted by Gasteiger charge is 2.28. The van der Waals surface area contributed by atoms with Crippen molar-refractivity contribution < 1.29 is 24.2 Å². The summed E-state index contributed by atoms with van der Waals surface area (Å²) in [4.78, 5) is 34.9. The highest BCUT2D eigenvalue weighted by atomic mass is 16.5. The molecular weight excluding hydrogens is 432 g/mol. The molecule has 34 heavy (non-hydrogen) atoms. The molecule has 0 unspecified atom stereocenters. The summed E-state index contributed by atoms with van der Waals surface area (Å²) < 4.78 is 5.54. The summed E-state index contributed by atoms with van der Waals surface area (Å²) in [6, 6.07) is 23.2. The Balaban J connectivity index is 1.26. The Hall–Kier alpha value is -4.13. The number of nitrogens with one attached hydrogen (secondary N) is 2. The van der Waals surface area contributed by atoms with Gasteiger partial charge in [-0.2, -0.15) is 0 Å². The molecule has 2 amide bonds. The zero-order chi connectivity index (χ0) is 23.9. The molecule has 0 fully saturated rings. The number of aliphatic carboxylic acids is 1. The molecule has 0 aromatic heterocycles. The largest absolute Gasteiger partial charge is 0.481 e. The number of alkyl carbamates (subject to hydrolysis) is 1. The number of carbonyl (C=O) groups is 3. The van der Waals surface area contributed by atoms with Crippen molar-refractivity contribution in [3.8, 4) is 11.1 Å². The highest BCUT2D eigenvalue weighted by molar-refractivity contribution is 5.94. The third kappa shape index (κ3) is 5.43. The summed E-state index contributed by atoms with van der Waals surface area (Å²) >= 11 is 0. The van der Waals surface area contributed by atoms with Crippen molar-refractivity contribution in [1.29, 1.82) is 0 Å². The molecule has 0 bridgehead atoms. The van der Waals surface area contributed by atoms with E-state index >= 15 is 0 Å². The van der Waals surface area contributed by atoms with E-state index in [1.807, 2.05) is 24.3 Å². The molecule has 174 valence electrons. The van der Waals surface area contributed by atoms with Gasteiger partial charge in [0.15, 0.2) is 0 Å². The van der Waals surface area contributed by atoms with Crippen LogP contribution in [0.2, 0.25) is 0 Å². The van der Waals surface area contributed by atoms with Gasteiger partial charge in [-0.3, -0.25) is 9.59 Å². The number of carboxylic acids is 1. The first-order chi connectivity index (χ1) is 16.5. The summed E-state index contributed by atoms with van der Waals surface area (Å²) in [7, 11) is 0. The number of amides is 2. The zero-order valence-electron chi connectivity index (χ0n) is 18.6. The molecule has 3 aromatic rings. The van der Waals surface area contributed by atoms with Gasteiger partial charge in [0.25, 0.3) is 5.91 Å². The molecule has 0 atom stereocenters. The molecule has 7 heteroatoms. The van der Waals surface area contributed by atoms with Crippen molar-refractivity contribution >= 4 is 18.0 Å². The van der Waals surface area contributed by atoms with Crippen LogP contribution >= 0.6 is 0 Å². The van der Waals surface area contributed by atoms with Gasteiger partial charge in [-0.05, 0) is 46.4 Å². The lowest BCUT2D eigenvalue weighted by molar-refractivity contribution is -0.137. The Kier molecular flexibility index (Phi) is 7.22. The lowest BCUT2D eigenvalue weighted by Crippen LogP contribution is -2.26. The molecule has 4 rings (SSSR count). The van der Waals surface area contributed by atoms with E-state index in [0.717, 1.165) is 16.7 Å². The molecular formula is C27H26N2O5. The topological polar surface area (TPSA) is 105 Å². The Morgan fingerprint density at radius 2 is 1.44 bits per heavy atom. The van der Waals surface area contributed by atoms with Crippen LogP contribution in [0.5, 0.6) is 0 Å². The maximum absolute atomic E-state index is 12.3. The lowest BCUT2D eigenvalue weighted by Gasteiger charge is -2.14. The molecule has 0 saturated carbocycles. The number of hydrogen-bond donors (Lipinski definition) is 3. The first-order valence-corrected chi connectivity index (χ1v) is 11.2. The van der Waals surface area contributed by atoms with E-state index in [4.69, 9.17) is 9.84 Å². The number of carbonyl (C=O) groups excluding carboxylic acids is 2. The third-order valence-electron chi connectivity index (χ3n) is 5.85. The normalized spacial score (nSPS) is 11.9. The fraction of sp³-hybridized carbons (Fsp3) is 0.222. The fourth-order valence-corrected chi connectivity index (χ4v) is 4.14. The Morgan fingerprint density at radius 3 is 2.06 bits per heavy atom. The molecule has 3 aromatic carbocycles. The van der Waals surface area contributed by atoms with Crippen LogP contribution in [0.25, 0.3) is 11.1 Å². The van der Waals surface area contributed by atoms with Crippen molar-refractivity contribution in [3.63, 3.8) is 0 Å². The van der Waals surface area contributed by atoms with Gasteiger partial charge in [-0.1, -0.05) is 60.7 Å². The van der Waals surface area contributed by atoms with Gasteiger partial charge in [-0.25, -0.2) is 4.79 Å². The van der Waals surface area contributed by atoms with Crippen molar-refractivity contribution in [2.24, 2.45) is 0 Å². The van der Waals surface area contributed by atoms with Crippen LogP contribution in [-0.4, -0.2) is 36.2 Å². The molecule has 0 saturated heterocycles. The van der Waals surface area contributed by atoms with E-state index in [9.17, 15) is 14.4 Å². The fourth-order valence-electron chi connectivity index (χ4n) is 4.14. The van der Waals surface area contributed by atoms with E-state index in [0.29, 0.717) is 18.5 Å². The van der Waals surface area contributed by atoms with E-state index < -0.39 is 12.1 Å². The van der Waals surface area contributed by atoms with E-state index in [1.165, 1.54) is 11.1 Å². The SMILES string of the molecule is O=C(O)CCCNC(=O)c1ccc(CNC(=O)OCC2c3ccccc3-c3ccccc32)cc1. The van der Waals surface area contributed by atoms with Gasteiger partial charge in [0.1, 0.15) is 6.61 Å². The molecule has 0 heterocycles. The van der Waals surface area contributed by atoms with Crippen LogP contribution in [0, 0.1) is 0 Å². The molecule has 0 aliphatic heterocycles. The molecule has 1 aliphatic rings. The summed E-state index contributed by atoms with van der Waals surface area (Å²) in [6.07, 6.45) is -0.105. The maximum atomic E-state index is 12.3. The minimum Gasteiger partial charge on any atom is -0.481 e. The standard InChI is InChI=1S/C27H26N2O5/c30-25(31)10-5-15-28-26(32)19-13-11-18(12-14-19)16-29-27(33)34-17-24-22-8-3-1-6-20(22)21-7-2-4-9-23(21)24/h1-4,6-9,11-14,24H,5,10,15-17H2,(H,28,32)(H,29,33)(H,30,31). The highest BCUT2D eigenvalue weighted by Crippen LogP contribution is 2.44. The smallest absolute Gasteiger partial charge is 0.407 e. The molecule has 3 N–H and O–H groups in total. The van der Waals surface area contributed by atoms with Crippen LogP contribution in [0.3, 0.4) is 0 Å². The monoisotopic (exact) mass is 458 g/mol. The van der Waals surface area contributed by atoms with Gasteiger partial charge in [0.05, 0.1) is 0 Å². The van der Waals surface area contributed by atoms with E-state index in [1.54, 1.807) is 24.3 Å². The van der Waals surface area contributed by atoms with Crippen LogP contribution < -0.4 is 10.6 Å². The second-order valence-electron chi connectivity index (χ2n) is 8.13. The van der Waals surface area contributed by atoms with Crippen LogP contribution in [0.15, 0.2) is 72.8 Å². The number of rotatable bonds is 9. The quantitative estimate of drug-likeness (QED) is 0.414. The lowest BCUT2D eigenvalue weighted by atomic mass is 9.98. The number of hydrogen-bond acceptors (Lipinski definition) is 4. The van der Waals surface area contributed by atoms with Crippen LogP contribution in [0.1, 0.15) is 45.8 Å². The van der Waals surface area contributed by atoms with E-state index in [-0.39, 0.29) is 31.4 Å². The predicted molar refractivity (Wildman–Crippen MR) is 128 cm³/mol. The van der Waals surface area contributed by atoms with Crippen LogP contribution in [-0.2, 0) is 16.1 Å². The average molecular weight is 459 g/mol. The Morgan fingerprint density at radius 1 is 0.824 bits per heavy atom. The summed E-state index contributed by atoms with van der Waals surface area (Å²) in [5, 5.41) is 14.1. The van der Waals surface area contributed by atoms with Gasteiger partial charge in [-0.15, -0.1) is 0 Å². The summed E-state index contributed by atoms with van der Waals surface area (Å²) in [6.45, 7) is 0.828. The minimum absolute atomic E-state index is 0.00597. The minimum atomic E-state index is -0.887. The van der Waals surface area contributed by atoms with Crippen molar-refractivity contribution in [1.82, 2.24) is 10.6 Å². The van der Waals surface area contributed by atoms with Gasteiger partial charge in [0, 0.05) is 31.0 Å². The van der Waals surface area contributed by atoms with Crippen molar-refractivity contribution in [3.05, 3.63) is 95.1 Å². The molecule has 0 radical (unpaired) electrons. The molecule has 0 spiro atoms. The molecule has 1 aliphatic carbocycles. The number of benzene rings is 3. The maximum Gasteiger partial charge on any atom is 0.407 e. The predicted octanol–water partition coefficient (Wildman–Crippen LogP) is 4.32. The first-order valence-electron chi connectivity index (χ1n) is 11.2. The third-order valence-corrected chi connectivity index (χ3v) is 5.85. The number of fused-ring (bicyclic) bond motifs is 3. The second-order valence-corrected chi connectivity index (χ2v) is 8.13. The van der Waals surface area contributed by atoms with Crippen molar-refractivity contribution in [2.45, 2.75) is 25.3 Å². The van der Waals surface area contributed by atoms with Gasteiger partial charge >= 0.3 is 12.1 Å². The number of ether oxygens (including phenoxy) is 1. The van der Waals surface area contributed by atoms with Crippen molar-refractivity contribution in [2.75, 3.05) is 13.2 Å². The van der Waals surface area contributed by atoms with Gasteiger partial charge in [0.2, 0.25) is 0 Å². The summed E-state index contributed by atoms with van der Waals surface area (Å²) in [5.74, 6) is -1.14. The Labute approximate surface area is 197 Å². The van der Waals surface area contributed by atoms with Gasteiger partial charge < -0.3 is 20.5 Å².